The third-order valence-corrected chi connectivity index (χ3v) is 6.98. The minimum absolute atomic E-state index is 0.0844. The lowest BCUT2D eigenvalue weighted by Crippen LogP contribution is -2.32. The van der Waals surface area contributed by atoms with Crippen LogP contribution in [0.2, 0.25) is 0 Å². The van der Waals surface area contributed by atoms with Gasteiger partial charge in [-0.15, -0.1) is 0 Å². The third-order valence-electron chi connectivity index (χ3n) is 5.07. The molecule has 0 aliphatic carbocycles. The molecule has 0 bridgehead atoms. The van der Waals surface area contributed by atoms with E-state index in [1.807, 2.05) is 0 Å². The monoisotopic (exact) mass is 437 g/mol. The zero-order chi connectivity index (χ0) is 21.7. The molecule has 1 aliphatic heterocycles. The number of carbonyl (C=O) groups is 1. The van der Waals surface area contributed by atoms with Crippen molar-refractivity contribution in [2.75, 3.05) is 36.9 Å². The number of halogens is 2. The molecule has 6 nitrogen and oxygen atoms in total. The van der Waals surface area contributed by atoms with Gasteiger partial charge in [0.15, 0.2) is 11.6 Å². The number of amides is 1. The van der Waals surface area contributed by atoms with Crippen molar-refractivity contribution < 1.29 is 22.0 Å². The number of hydrogen-bond acceptors (Lipinski definition) is 4. The van der Waals surface area contributed by atoms with Crippen LogP contribution in [0, 0.1) is 11.6 Å². The van der Waals surface area contributed by atoms with Gasteiger partial charge in [-0.3, -0.25) is 4.79 Å². The van der Waals surface area contributed by atoms with Gasteiger partial charge >= 0.3 is 0 Å². The van der Waals surface area contributed by atoms with Crippen molar-refractivity contribution in [3.63, 3.8) is 0 Å². The standard InChI is InChI=1S/C21H25F2N3O3S/c1-25(17-8-11-19(22)20(23)14-17)15-21(27)24-16-6-9-18(10-7-16)30(28,29)26-12-4-2-3-5-13-26/h6-11,14H,2-5,12-13,15H2,1H3,(H,24,27). The summed E-state index contributed by atoms with van der Waals surface area (Å²) >= 11 is 0. The number of rotatable bonds is 6. The van der Waals surface area contributed by atoms with Crippen molar-refractivity contribution in [1.82, 2.24) is 4.31 Å². The first-order chi connectivity index (χ1) is 14.3. The zero-order valence-electron chi connectivity index (χ0n) is 16.8. The van der Waals surface area contributed by atoms with E-state index in [2.05, 4.69) is 5.32 Å². The number of anilines is 2. The fraction of sp³-hybridized carbons (Fsp3) is 0.381. The van der Waals surface area contributed by atoms with Gasteiger partial charge in [0.05, 0.1) is 11.4 Å². The minimum atomic E-state index is -3.55. The molecule has 1 saturated heterocycles. The molecule has 1 amide bonds. The number of benzene rings is 2. The summed E-state index contributed by atoms with van der Waals surface area (Å²) < 4.78 is 53.5. The maximum atomic E-state index is 13.4. The molecule has 1 fully saturated rings. The summed E-state index contributed by atoms with van der Waals surface area (Å²) in [4.78, 5) is 13.9. The van der Waals surface area contributed by atoms with Gasteiger partial charge in [0.2, 0.25) is 15.9 Å². The molecule has 2 aromatic rings. The summed E-state index contributed by atoms with van der Waals surface area (Å²) in [5, 5.41) is 2.68. The second-order valence-corrected chi connectivity index (χ2v) is 9.28. The van der Waals surface area contributed by atoms with E-state index >= 15 is 0 Å². The van der Waals surface area contributed by atoms with Gasteiger partial charge in [0.25, 0.3) is 0 Å². The number of sulfonamides is 1. The van der Waals surface area contributed by atoms with Gasteiger partial charge in [-0.25, -0.2) is 17.2 Å². The molecule has 0 spiro atoms. The molecule has 30 heavy (non-hydrogen) atoms. The summed E-state index contributed by atoms with van der Waals surface area (Å²) in [6, 6.07) is 9.45. The smallest absolute Gasteiger partial charge is 0.243 e. The molecular formula is C21H25F2N3O3S. The highest BCUT2D eigenvalue weighted by Gasteiger charge is 2.25. The number of nitrogens with one attached hydrogen (secondary N) is 1. The second kappa shape index (κ2) is 9.53. The van der Waals surface area contributed by atoms with Gasteiger partial charge in [-0.2, -0.15) is 4.31 Å². The zero-order valence-corrected chi connectivity index (χ0v) is 17.6. The van der Waals surface area contributed by atoms with E-state index in [1.165, 1.54) is 27.4 Å². The lowest BCUT2D eigenvalue weighted by atomic mass is 10.2. The Kier molecular flexibility index (Phi) is 7.04. The highest BCUT2D eigenvalue weighted by atomic mass is 32.2. The Bertz CT molecular complexity index is 989. The lowest BCUT2D eigenvalue weighted by molar-refractivity contribution is -0.114. The molecule has 1 aliphatic rings. The predicted octanol–water partition coefficient (Wildman–Crippen LogP) is 3.60. The predicted molar refractivity (Wildman–Crippen MR) is 112 cm³/mol. The number of carbonyl (C=O) groups excluding carboxylic acids is 1. The van der Waals surface area contributed by atoms with Crippen molar-refractivity contribution in [3.05, 3.63) is 54.1 Å². The SMILES string of the molecule is CN(CC(=O)Nc1ccc(S(=O)(=O)N2CCCCCC2)cc1)c1ccc(F)c(F)c1. The van der Waals surface area contributed by atoms with Crippen LogP contribution in [0.4, 0.5) is 20.2 Å². The van der Waals surface area contributed by atoms with E-state index in [-0.39, 0.29) is 17.3 Å². The van der Waals surface area contributed by atoms with Gasteiger partial charge < -0.3 is 10.2 Å². The molecule has 0 saturated carbocycles. The van der Waals surface area contributed by atoms with E-state index in [1.54, 1.807) is 19.2 Å². The van der Waals surface area contributed by atoms with E-state index in [4.69, 9.17) is 0 Å². The maximum absolute atomic E-state index is 13.4. The first-order valence-corrected chi connectivity index (χ1v) is 11.3. The molecule has 1 N–H and O–H groups in total. The highest BCUT2D eigenvalue weighted by molar-refractivity contribution is 7.89. The van der Waals surface area contributed by atoms with Crippen LogP contribution >= 0.6 is 0 Å². The van der Waals surface area contributed by atoms with Crippen LogP contribution in [0.1, 0.15) is 25.7 Å². The molecule has 2 aromatic carbocycles. The minimum Gasteiger partial charge on any atom is -0.365 e. The molecule has 0 atom stereocenters. The van der Waals surface area contributed by atoms with Gasteiger partial charge in [0.1, 0.15) is 0 Å². The molecule has 0 unspecified atom stereocenters. The maximum Gasteiger partial charge on any atom is 0.243 e. The van der Waals surface area contributed by atoms with E-state index in [9.17, 15) is 22.0 Å². The van der Waals surface area contributed by atoms with Crippen LogP contribution in [0.15, 0.2) is 47.4 Å². The quantitative estimate of drug-likeness (QED) is 0.750. The summed E-state index contributed by atoms with van der Waals surface area (Å²) in [5.74, 6) is -2.31. The van der Waals surface area contributed by atoms with E-state index in [0.29, 0.717) is 24.5 Å². The number of hydrogen-bond donors (Lipinski definition) is 1. The van der Waals surface area contributed by atoms with Crippen molar-refractivity contribution in [3.8, 4) is 0 Å². The third kappa shape index (κ3) is 5.34. The average molecular weight is 438 g/mol. The van der Waals surface area contributed by atoms with Crippen LogP contribution in [0.5, 0.6) is 0 Å². The van der Waals surface area contributed by atoms with Gasteiger partial charge in [-0.1, -0.05) is 12.8 Å². The fourth-order valence-electron chi connectivity index (χ4n) is 3.37. The Balaban J connectivity index is 1.62. The Hall–Kier alpha value is -2.52. The topological polar surface area (TPSA) is 69.7 Å². The first-order valence-electron chi connectivity index (χ1n) is 9.83. The van der Waals surface area contributed by atoms with Crippen molar-refractivity contribution in [2.45, 2.75) is 30.6 Å². The van der Waals surface area contributed by atoms with Crippen LogP contribution in [-0.2, 0) is 14.8 Å². The van der Waals surface area contributed by atoms with Crippen molar-refractivity contribution in [2.24, 2.45) is 0 Å². The molecule has 3 rings (SSSR count). The molecular weight excluding hydrogens is 412 g/mol. The Morgan fingerprint density at radius 1 is 1.00 bits per heavy atom. The van der Waals surface area contributed by atoms with Gasteiger partial charge in [-0.05, 0) is 49.2 Å². The summed E-state index contributed by atoms with van der Waals surface area (Å²) in [6.45, 7) is 0.965. The van der Waals surface area contributed by atoms with Crippen molar-refractivity contribution >= 4 is 27.3 Å². The molecule has 162 valence electrons. The Morgan fingerprint density at radius 3 is 2.23 bits per heavy atom. The van der Waals surface area contributed by atoms with Gasteiger partial charge in [0, 0.05) is 37.6 Å². The van der Waals surface area contributed by atoms with Crippen LogP contribution in [0.3, 0.4) is 0 Å². The largest absolute Gasteiger partial charge is 0.365 e. The Labute approximate surface area is 175 Å². The summed E-state index contributed by atoms with van der Waals surface area (Å²) in [6.07, 6.45) is 3.80. The average Bonchev–Trinajstić information content (AvgIpc) is 3.00. The van der Waals surface area contributed by atoms with E-state index < -0.39 is 21.7 Å². The number of nitrogens with zero attached hydrogens (tertiary/aromatic N) is 2. The van der Waals surface area contributed by atoms with Crippen molar-refractivity contribution in [1.29, 1.82) is 0 Å². The summed E-state index contributed by atoms with van der Waals surface area (Å²) in [7, 11) is -1.96. The summed E-state index contributed by atoms with van der Waals surface area (Å²) in [5.41, 5.74) is 0.816. The first kappa shape index (κ1) is 22.2. The highest BCUT2D eigenvalue weighted by Crippen LogP contribution is 2.22. The normalized spacial score (nSPS) is 15.4. The molecule has 9 heteroatoms. The van der Waals surface area contributed by atoms with Crippen LogP contribution in [-0.4, -0.2) is 45.3 Å². The fourth-order valence-corrected chi connectivity index (χ4v) is 4.89. The molecule has 1 heterocycles. The molecule has 0 radical (unpaired) electrons. The van der Waals surface area contributed by atoms with E-state index in [0.717, 1.165) is 37.8 Å². The number of likely N-dealkylation sites (N-methyl/N-ethyl adjacent to an activating group) is 1. The second-order valence-electron chi connectivity index (χ2n) is 7.35. The van der Waals surface area contributed by atoms with Crippen LogP contribution in [0.25, 0.3) is 0 Å². The lowest BCUT2D eigenvalue weighted by Gasteiger charge is -2.20. The van der Waals surface area contributed by atoms with Crippen LogP contribution < -0.4 is 10.2 Å². The Morgan fingerprint density at radius 2 is 1.63 bits per heavy atom. The molecule has 0 aromatic heterocycles.